The third kappa shape index (κ3) is 4.12. The second-order valence-electron chi connectivity index (χ2n) is 4.98. The summed E-state index contributed by atoms with van der Waals surface area (Å²) < 4.78 is 5.65. The van der Waals surface area contributed by atoms with E-state index in [1.807, 2.05) is 6.07 Å². The van der Waals surface area contributed by atoms with Crippen LogP contribution in [-0.4, -0.2) is 50.6 Å². The van der Waals surface area contributed by atoms with Crippen molar-refractivity contribution in [1.29, 1.82) is 0 Å². The van der Waals surface area contributed by atoms with E-state index in [2.05, 4.69) is 16.0 Å². The lowest BCUT2D eigenvalue weighted by atomic mass is 10.1. The van der Waals surface area contributed by atoms with Crippen molar-refractivity contribution in [2.45, 2.75) is 13.0 Å². The van der Waals surface area contributed by atoms with E-state index in [-0.39, 0.29) is 19.0 Å². The maximum Gasteiger partial charge on any atom is 0.321 e. The van der Waals surface area contributed by atoms with E-state index in [1.165, 1.54) is 7.05 Å². The van der Waals surface area contributed by atoms with Crippen molar-refractivity contribution in [2.75, 3.05) is 31.6 Å². The Balaban J connectivity index is 2.11. The van der Waals surface area contributed by atoms with Crippen molar-refractivity contribution >= 4 is 23.5 Å². The second kappa shape index (κ2) is 7.48. The Labute approximate surface area is 134 Å². The maximum atomic E-state index is 12.0. The molecule has 0 aliphatic carbocycles. The molecule has 0 saturated heterocycles. The van der Waals surface area contributed by atoms with Crippen LogP contribution in [0, 0.1) is 0 Å². The van der Waals surface area contributed by atoms with Crippen LogP contribution >= 0.6 is 0 Å². The Kier molecular flexibility index (Phi) is 5.40. The largest absolute Gasteiger partial charge is 0.477 e. The summed E-state index contributed by atoms with van der Waals surface area (Å²) in [4.78, 5) is 37.0. The Morgan fingerprint density at radius 1 is 1.30 bits per heavy atom. The molecule has 8 heteroatoms. The lowest BCUT2D eigenvalue weighted by Crippen LogP contribution is -2.51. The van der Waals surface area contributed by atoms with Gasteiger partial charge in [-0.1, -0.05) is 12.1 Å². The molecule has 8 nitrogen and oxygen atoms in total. The SMILES string of the molecule is CCNC(=O)NC(=O)CN1C[C@H](C(=O)NC)Oc2ccccc21. The van der Waals surface area contributed by atoms with Gasteiger partial charge < -0.3 is 20.3 Å². The van der Waals surface area contributed by atoms with Crippen LogP contribution in [0.25, 0.3) is 0 Å². The molecular formula is C15H20N4O4. The predicted octanol–water partition coefficient (Wildman–Crippen LogP) is -0.154. The minimum absolute atomic E-state index is 0.0506. The van der Waals surface area contributed by atoms with Crippen molar-refractivity contribution in [3.05, 3.63) is 24.3 Å². The average molecular weight is 320 g/mol. The van der Waals surface area contributed by atoms with Crippen LogP contribution in [0.3, 0.4) is 0 Å². The fraction of sp³-hybridized carbons (Fsp3) is 0.400. The number of hydrogen-bond donors (Lipinski definition) is 3. The third-order valence-corrected chi connectivity index (χ3v) is 3.32. The van der Waals surface area contributed by atoms with Gasteiger partial charge >= 0.3 is 6.03 Å². The standard InChI is InChI=1S/C15H20N4O4/c1-3-17-15(22)18-13(20)9-19-8-12(14(21)16-2)23-11-7-5-4-6-10(11)19/h4-7,12H,3,8-9H2,1-2H3,(H,16,21)(H2,17,18,20,22)/t12-/m1/s1. The van der Waals surface area contributed by atoms with Crippen molar-refractivity contribution in [2.24, 2.45) is 0 Å². The lowest BCUT2D eigenvalue weighted by Gasteiger charge is -2.34. The number of carbonyl (C=O) groups is 3. The van der Waals surface area contributed by atoms with E-state index < -0.39 is 18.0 Å². The zero-order valence-corrected chi connectivity index (χ0v) is 13.1. The topological polar surface area (TPSA) is 99.8 Å². The van der Waals surface area contributed by atoms with Gasteiger partial charge in [0, 0.05) is 13.6 Å². The predicted molar refractivity (Wildman–Crippen MR) is 84.4 cm³/mol. The Hall–Kier alpha value is -2.77. The molecule has 0 radical (unpaired) electrons. The van der Waals surface area contributed by atoms with Gasteiger partial charge in [0.15, 0.2) is 6.10 Å². The molecule has 2 rings (SSSR count). The van der Waals surface area contributed by atoms with Gasteiger partial charge in [0.2, 0.25) is 5.91 Å². The van der Waals surface area contributed by atoms with E-state index in [4.69, 9.17) is 4.74 Å². The number of nitrogens with one attached hydrogen (secondary N) is 3. The van der Waals surface area contributed by atoms with Gasteiger partial charge in [0.25, 0.3) is 5.91 Å². The molecule has 124 valence electrons. The van der Waals surface area contributed by atoms with Crippen LogP contribution in [0.2, 0.25) is 0 Å². The number of rotatable bonds is 4. The maximum absolute atomic E-state index is 12.0. The minimum Gasteiger partial charge on any atom is -0.477 e. The molecule has 4 amide bonds. The molecule has 0 bridgehead atoms. The van der Waals surface area contributed by atoms with Crippen molar-refractivity contribution < 1.29 is 19.1 Å². The summed E-state index contributed by atoms with van der Waals surface area (Å²) in [6.45, 7) is 2.36. The summed E-state index contributed by atoms with van der Waals surface area (Å²) in [6, 6.07) is 6.60. The number of nitrogens with zero attached hydrogens (tertiary/aromatic N) is 1. The number of ether oxygens (including phenoxy) is 1. The van der Waals surface area contributed by atoms with Gasteiger partial charge in [0.1, 0.15) is 5.75 Å². The van der Waals surface area contributed by atoms with Gasteiger partial charge in [0.05, 0.1) is 18.8 Å². The number of urea groups is 1. The number of hydrogen-bond acceptors (Lipinski definition) is 5. The van der Waals surface area contributed by atoms with Crippen LogP contribution < -0.4 is 25.6 Å². The van der Waals surface area contributed by atoms with Crippen LogP contribution in [-0.2, 0) is 9.59 Å². The summed E-state index contributed by atoms with van der Waals surface area (Å²) in [5, 5.41) is 7.27. The molecule has 0 saturated carbocycles. The number of benzene rings is 1. The zero-order chi connectivity index (χ0) is 16.8. The molecule has 3 N–H and O–H groups in total. The molecule has 1 aromatic rings. The molecule has 1 aliphatic heterocycles. The average Bonchev–Trinajstić information content (AvgIpc) is 2.54. The first-order valence-corrected chi connectivity index (χ1v) is 7.35. The number of anilines is 1. The van der Waals surface area contributed by atoms with Crippen molar-refractivity contribution in [3.8, 4) is 5.75 Å². The van der Waals surface area contributed by atoms with Crippen molar-refractivity contribution in [3.63, 3.8) is 0 Å². The van der Waals surface area contributed by atoms with Gasteiger partial charge in [-0.15, -0.1) is 0 Å². The summed E-state index contributed by atoms with van der Waals surface area (Å²) in [7, 11) is 1.53. The van der Waals surface area contributed by atoms with Gasteiger partial charge in [-0.3, -0.25) is 14.9 Å². The van der Waals surface area contributed by atoms with Gasteiger partial charge in [-0.05, 0) is 19.1 Å². The van der Waals surface area contributed by atoms with Crippen LogP contribution in [0.4, 0.5) is 10.5 Å². The lowest BCUT2D eigenvalue weighted by molar-refractivity contribution is -0.127. The highest BCUT2D eigenvalue weighted by atomic mass is 16.5. The molecular weight excluding hydrogens is 300 g/mol. The quantitative estimate of drug-likeness (QED) is 0.716. The fourth-order valence-corrected chi connectivity index (χ4v) is 2.30. The number of amides is 4. The van der Waals surface area contributed by atoms with Gasteiger partial charge in [-0.2, -0.15) is 0 Å². The minimum atomic E-state index is -0.716. The first-order valence-electron chi connectivity index (χ1n) is 7.35. The number of para-hydroxylation sites is 2. The molecule has 1 heterocycles. The highest BCUT2D eigenvalue weighted by Crippen LogP contribution is 2.32. The first kappa shape index (κ1) is 16.6. The third-order valence-electron chi connectivity index (χ3n) is 3.32. The van der Waals surface area contributed by atoms with Crippen LogP contribution in [0.1, 0.15) is 6.92 Å². The molecule has 0 aromatic heterocycles. The van der Waals surface area contributed by atoms with E-state index in [0.29, 0.717) is 18.0 Å². The van der Waals surface area contributed by atoms with E-state index in [9.17, 15) is 14.4 Å². The summed E-state index contributed by atoms with van der Waals surface area (Å²) in [5.74, 6) is -0.199. The normalized spacial score (nSPS) is 15.9. The Morgan fingerprint density at radius 2 is 2.04 bits per heavy atom. The summed E-state index contributed by atoms with van der Waals surface area (Å²) in [5.41, 5.74) is 0.707. The molecule has 23 heavy (non-hydrogen) atoms. The highest BCUT2D eigenvalue weighted by molar-refractivity contribution is 5.96. The fourth-order valence-electron chi connectivity index (χ4n) is 2.30. The molecule has 1 aromatic carbocycles. The number of carbonyl (C=O) groups excluding carboxylic acids is 3. The van der Waals surface area contributed by atoms with E-state index in [0.717, 1.165) is 0 Å². The van der Waals surface area contributed by atoms with E-state index in [1.54, 1.807) is 30.0 Å². The number of imide groups is 1. The van der Waals surface area contributed by atoms with Crippen LogP contribution in [0.5, 0.6) is 5.75 Å². The zero-order valence-electron chi connectivity index (χ0n) is 13.1. The highest BCUT2D eigenvalue weighted by Gasteiger charge is 2.31. The summed E-state index contributed by atoms with van der Waals surface area (Å²) in [6.07, 6.45) is -0.716. The Bertz CT molecular complexity index is 605. The number of likely N-dealkylation sites (N-methyl/N-ethyl adjacent to an activating group) is 1. The van der Waals surface area contributed by atoms with E-state index >= 15 is 0 Å². The Morgan fingerprint density at radius 3 is 2.74 bits per heavy atom. The molecule has 1 aliphatic rings. The molecule has 0 unspecified atom stereocenters. The molecule has 1 atom stereocenters. The molecule has 0 spiro atoms. The van der Waals surface area contributed by atoms with Gasteiger partial charge in [-0.25, -0.2) is 4.79 Å². The summed E-state index contributed by atoms with van der Waals surface area (Å²) >= 11 is 0. The van der Waals surface area contributed by atoms with Crippen LogP contribution in [0.15, 0.2) is 24.3 Å². The van der Waals surface area contributed by atoms with Crippen molar-refractivity contribution in [1.82, 2.24) is 16.0 Å². The first-order chi connectivity index (χ1) is 11.0. The number of fused-ring (bicyclic) bond motifs is 1. The second-order valence-corrected chi connectivity index (χ2v) is 4.98. The monoisotopic (exact) mass is 320 g/mol. The smallest absolute Gasteiger partial charge is 0.321 e. The molecule has 0 fully saturated rings.